The maximum atomic E-state index is 6.30. The number of fused-ring (bicyclic) bond motifs is 6. The summed E-state index contributed by atoms with van der Waals surface area (Å²) in [6.45, 7) is 0.895. The van der Waals surface area contributed by atoms with E-state index in [9.17, 15) is 0 Å². The predicted molar refractivity (Wildman–Crippen MR) is 72.8 cm³/mol. The van der Waals surface area contributed by atoms with Gasteiger partial charge in [0.15, 0.2) is 0 Å². The summed E-state index contributed by atoms with van der Waals surface area (Å²) in [4.78, 5) is 7.17. The van der Waals surface area contributed by atoms with Gasteiger partial charge in [0.05, 0.1) is 5.69 Å². The Balaban J connectivity index is 1.90. The highest BCUT2D eigenvalue weighted by atomic mass is 79.9. The number of hydrogen-bond acceptors (Lipinski definition) is 2. The van der Waals surface area contributed by atoms with Crippen LogP contribution in [0.25, 0.3) is 0 Å². The molecule has 2 bridgehead atoms. The zero-order chi connectivity index (χ0) is 11.6. The molecule has 1 aromatic carbocycles. The molecule has 2 aliphatic heterocycles. The van der Waals surface area contributed by atoms with E-state index in [1.807, 2.05) is 6.07 Å². The van der Waals surface area contributed by atoms with Crippen molar-refractivity contribution in [2.45, 2.75) is 19.0 Å². The average molecular weight is 310 g/mol. The maximum Gasteiger partial charge on any atom is 0.113 e. The molecule has 4 heteroatoms. The molecule has 86 valence electrons. The van der Waals surface area contributed by atoms with Crippen LogP contribution < -0.4 is 0 Å². The van der Waals surface area contributed by atoms with Gasteiger partial charge in [-0.15, -0.1) is 0 Å². The van der Waals surface area contributed by atoms with E-state index in [2.05, 4.69) is 39.0 Å². The monoisotopic (exact) mass is 308 g/mol. The van der Waals surface area contributed by atoms with Crippen LogP contribution in [0.5, 0.6) is 0 Å². The molecule has 0 saturated carbocycles. The van der Waals surface area contributed by atoms with E-state index in [0.717, 1.165) is 27.3 Å². The third-order valence-electron chi connectivity index (χ3n) is 3.79. The van der Waals surface area contributed by atoms with Crippen molar-refractivity contribution in [3.05, 3.63) is 39.3 Å². The van der Waals surface area contributed by atoms with Gasteiger partial charge in [0, 0.05) is 33.6 Å². The number of rotatable bonds is 0. The van der Waals surface area contributed by atoms with Crippen molar-refractivity contribution < 1.29 is 0 Å². The standard InChI is InChI=1S/C13H10BrClN2/c14-8-4-11(15)10-6-17-9-2-1-7(3-9)13(17)16-12(10)5-8/h1-2,4-5,7,9H,3,6H2. The van der Waals surface area contributed by atoms with E-state index in [0.29, 0.717) is 12.0 Å². The largest absolute Gasteiger partial charge is 0.349 e. The van der Waals surface area contributed by atoms with Crippen LogP contribution in [0.4, 0.5) is 5.69 Å². The van der Waals surface area contributed by atoms with Gasteiger partial charge < -0.3 is 4.90 Å². The summed E-state index contributed by atoms with van der Waals surface area (Å²) >= 11 is 9.77. The van der Waals surface area contributed by atoms with Crippen LogP contribution >= 0.6 is 27.5 Å². The Hall–Kier alpha value is -0.800. The van der Waals surface area contributed by atoms with E-state index >= 15 is 0 Å². The Morgan fingerprint density at radius 1 is 1.35 bits per heavy atom. The van der Waals surface area contributed by atoms with E-state index in [4.69, 9.17) is 16.6 Å². The molecule has 17 heavy (non-hydrogen) atoms. The molecular weight excluding hydrogens is 300 g/mol. The molecule has 1 aromatic rings. The lowest BCUT2D eigenvalue weighted by Crippen LogP contribution is -2.36. The van der Waals surface area contributed by atoms with Crippen LogP contribution in [0.15, 0.2) is 33.7 Å². The molecule has 2 nitrogen and oxygen atoms in total. The van der Waals surface area contributed by atoms with Crippen molar-refractivity contribution in [3.8, 4) is 0 Å². The van der Waals surface area contributed by atoms with Crippen molar-refractivity contribution in [3.63, 3.8) is 0 Å². The van der Waals surface area contributed by atoms with Crippen LogP contribution in [-0.4, -0.2) is 16.8 Å². The molecule has 0 N–H and O–H groups in total. The molecule has 0 amide bonds. The number of halogens is 2. The van der Waals surface area contributed by atoms with Gasteiger partial charge in [0.1, 0.15) is 5.84 Å². The van der Waals surface area contributed by atoms with Gasteiger partial charge in [0.25, 0.3) is 0 Å². The van der Waals surface area contributed by atoms with Crippen LogP contribution in [0.2, 0.25) is 5.02 Å². The fraction of sp³-hybridized carbons (Fsp3) is 0.308. The fourth-order valence-corrected chi connectivity index (χ4v) is 3.82. The van der Waals surface area contributed by atoms with Gasteiger partial charge in [-0.3, -0.25) is 0 Å². The molecule has 0 spiro atoms. The highest BCUT2D eigenvalue weighted by molar-refractivity contribution is 9.10. The minimum absolute atomic E-state index is 0.519. The highest BCUT2D eigenvalue weighted by Gasteiger charge is 2.41. The Labute approximate surface area is 113 Å². The molecule has 1 aliphatic carbocycles. The van der Waals surface area contributed by atoms with Crippen LogP contribution in [0.1, 0.15) is 12.0 Å². The van der Waals surface area contributed by atoms with E-state index < -0.39 is 0 Å². The molecular formula is C13H10BrClN2. The minimum atomic E-state index is 0.519. The molecule has 0 radical (unpaired) electrons. The van der Waals surface area contributed by atoms with Gasteiger partial charge in [-0.1, -0.05) is 39.7 Å². The molecule has 2 unspecified atom stereocenters. The third-order valence-corrected chi connectivity index (χ3v) is 4.58. The summed E-state index contributed by atoms with van der Waals surface area (Å²) in [6.07, 6.45) is 5.76. The number of hydrogen-bond donors (Lipinski definition) is 0. The summed E-state index contributed by atoms with van der Waals surface area (Å²) < 4.78 is 0.998. The average Bonchev–Trinajstić information content (AvgIpc) is 2.87. The number of benzene rings is 1. The number of nitrogens with zero attached hydrogens (tertiary/aromatic N) is 2. The molecule has 2 heterocycles. The van der Waals surface area contributed by atoms with Crippen molar-refractivity contribution in [2.24, 2.45) is 10.9 Å². The predicted octanol–water partition coefficient (Wildman–Crippen LogP) is 3.91. The van der Waals surface area contributed by atoms with Crippen molar-refractivity contribution in [1.82, 2.24) is 4.90 Å². The van der Waals surface area contributed by atoms with E-state index in [1.165, 1.54) is 12.3 Å². The van der Waals surface area contributed by atoms with Gasteiger partial charge in [0.2, 0.25) is 0 Å². The normalized spacial score (nSPS) is 28.1. The van der Waals surface area contributed by atoms with Crippen molar-refractivity contribution in [1.29, 1.82) is 0 Å². The maximum absolute atomic E-state index is 6.30. The Morgan fingerprint density at radius 2 is 2.24 bits per heavy atom. The Morgan fingerprint density at radius 3 is 3.12 bits per heavy atom. The summed E-state index contributed by atoms with van der Waals surface area (Å²) in [5.74, 6) is 1.74. The van der Waals surface area contributed by atoms with Gasteiger partial charge >= 0.3 is 0 Å². The Bertz CT molecular complexity index is 579. The third kappa shape index (κ3) is 1.36. The van der Waals surface area contributed by atoms with E-state index in [-0.39, 0.29) is 0 Å². The minimum Gasteiger partial charge on any atom is -0.349 e. The molecule has 4 rings (SSSR count). The molecule has 3 aliphatic rings. The lowest BCUT2D eigenvalue weighted by atomic mass is 10.1. The number of amidine groups is 1. The quantitative estimate of drug-likeness (QED) is 0.664. The first-order chi connectivity index (χ1) is 8.22. The van der Waals surface area contributed by atoms with Crippen LogP contribution in [0.3, 0.4) is 0 Å². The lowest BCUT2D eigenvalue weighted by molar-refractivity contribution is 0.378. The van der Waals surface area contributed by atoms with Crippen molar-refractivity contribution >= 4 is 39.1 Å². The molecule has 1 saturated heterocycles. The first-order valence-electron chi connectivity index (χ1n) is 5.74. The van der Waals surface area contributed by atoms with Crippen LogP contribution in [0, 0.1) is 5.92 Å². The van der Waals surface area contributed by atoms with Gasteiger partial charge in [-0.2, -0.15) is 0 Å². The summed E-state index contributed by atoms with van der Waals surface area (Å²) in [5, 5.41) is 0.809. The molecule has 0 aromatic heterocycles. The summed E-state index contributed by atoms with van der Waals surface area (Å²) in [5.41, 5.74) is 2.18. The molecule has 1 fully saturated rings. The molecule has 2 atom stereocenters. The van der Waals surface area contributed by atoms with Crippen LogP contribution in [-0.2, 0) is 6.54 Å². The SMILES string of the molecule is Clc1cc(Br)cc2c1CN1C(=N2)C2C=CC1C2. The Kier molecular flexibility index (Phi) is 2.01. The highest BCUT2D eigenvalue weighted by Crippen LogP contribution is 2.43. The van der Waals surface area contributed by atoms with Crippen molar-refractivity contribution in [2.75, 3.05) is 0 Å². The number of aliphatic imine (C=N–C) groups is 1. The van der Waals surface area contributed by atoms with Gasteiger partial charge in [-0.05, 0) is 18.6 Å². The lowest BCUT2D eigenvalue weighted by Gasteiger charge is -2.32. The second kappa shape index (κ2) is 3.36. The summed E-state index contributed by atoms with van der Waals surface area (Å²) in [7, 11) is 0. The smallest absolute Gasteiger partial charge is 0.113 e. The zero-order valence-electron chi connectivity index (χ0n) is 9.03. The first-order valence-corrected chi connectivity index (χ1v) is 6.91. The van der Waals surface area contributed by atoms with Gasteiger partial charge in [-0.25, -0.2) is 4.99 Å². The first kappa shape index (κ1) is 10.2. The van der Waals surface area contributed by atoms with E-state index in [1.54, 1.807) is 0 Å². The summed E-state index contributed by atoms with van der Waals surface area (Å²) in [6, 6.07) is 4.54. The second-order valence-electron chi connectivity index (χ2n) is 4.78. The topological polar surface area (TPSA) is 15.6 Å². The fourth-order valence-electron chi connectivity index (χ4n) is 2.97. The zero-order valence-corrected chi connectivity index (χ0v) is 11.4. The second-order valence-corrected chi connectivity index (χ2v) is 6.10.